The van der Waals surface area contributed by atoms with Crippen LogP contribution in [0.3, 0.4) is 0 Å². The Hall–Kier alpha value is -1.89. The molecule has 0 aliphatic heterocycles. The second kappa shape index (κ2) is 6.51. The van der Waals surface area contributed by atoms with Gasteiger partial charge in [-0.15, -0.1) is 0 Å². The van der Waals surface area contributed by atoms with Crippen LogP contribution in [0.5, 0.6) is 0 Å². The molecule has 2 N–H and O–H groups in total. The van der Waals surface area contributed by atoms with Gasteiger partial charge in [0.25, 0.3) is 0 Å². The lowest BCUT2D eigenvalue weighted by molar-refractivity contribution is -0.136. The predicted molar refractivity (Wildman–Crippen MR) is 75.3 cm³/mol. The molecular formula is C13H17NO5S. The third-order valence-corrected chi connectivity index (χ3v) is 4.72. The number of nitrogens with one attached hydrogen (secondary N) is 1. The summed E-state index contributed by atoms with van der Waals surface area (Å²) in [4.78, 5) is 22.3. The van der Waals surface area contributed by atoms with Crippen LogP contribution in [0.4, 0.5) is 5.69 Å². The SMILES string of the molecule is CC(C)S(=O)(=O)CC(=O)Nc1cccc(CC(=O)O)c1. The number of aliphatic carboxylic acids is 1. The first kappa shape index (κ1) is 16.2. The van der Waals surface area contributed by atoms with E-state index in [1.807, 2.05) is 0 Å². The monoisotopic (exact) mass is 299 g/mol. The highest BCUT2D eigenvalue weighted by atomic mass is 32.2. The maximum Gasteiger partial charge on any atom is 0.307 e. The van der Waals surface area contributed by atoms with E-state index in [-0.39, 0.29) is 6.42 Å². The van der Waals surface area contributed by atoms with Gasteiger partial charge in [0.1, 0.15) is 5.75 Å². The summed E-state index contributed by atoms with van der Waals surface area (Å²) in [6, 6.07) is 6.30. The predicted octanol–water partition coefficient (Wildman–Crippen LogP) is 1.08. The number of hydrogen-bond acceptors (Lipinski definition) is 4. The number of rotatable bonds is 6. The zero-order valence-corrected chi connectivity index (χ0v) is 12.1. The highest BCUT2D eigenvalue weighted by Crippen LogP contribution is 2.12. The van der Waals surface area contributed by atoms with Gasteiger partial charge in [0.15, 0.2) is 9.84 Å². The number of carbonyl (C=O) groups is 2. The number of sulfone groups is 1. The third kappa shape index (κ3) is 5.00. The van der Waals surface area contributed by atoms with Gasteiger partial charge in [0.2, 0.25) is 5.91 Å². The summed E-state index contributed by atoms with van der Waals surface area (Å²) in [5.41, 5.74) is 0.912. The Balaban J connectivity index is 2.74. The summed E-state index contributed by atoms with van der Waals surface area (Å²) in [6.07, 6.45) is -0.159. The van der Waals surface area contributed by atoms with E-state index >= 15 is 0 Å². The second-order valence-electron chi connectivity index (χ2n) is 4.68. The van der Waals surface area contributed by atoms with Crippen LogP contribution in [0.25, 0.3) is 0 Å². The third-order valence-electron chi connectivity index (χ3n) is 2.62. The summed E-state index contributed by atoms with van der Waals surface area (Å²) in [5, 5.41) is 10.5. The Morgan fingerprint density at radius 1 is 1.30 bits per heavy atom. The van der Waals surface area contributed by atoms with Crippen molar-refractivity contribution in [3.8, 4) is 0 Å². The van der Waals surface area contributed by atoms with Crippen molar-refractivity contribution >= 4 is 27.4 Å². The van der Waals surface area contributed by atoms with Crippen molar-refractivity contribution < 1.29 is 23.1 Å². The maximum absolute atomic E-state index is 11.7. The van der Waals surface area contributed by atoms with Crippen LogP contribution in [0, 0.1) is 0 Å². The van der Waals surface area contributed by atoms with Crippen molar-refractivity contribution in [2.75, 3.05) is 11.1 Å². The van der Waals surface area contributed by atoms with Gasteiger partial charge in [0, 0.05) is 5.69 Å². The first-order chi connectivity index (χ1) is 9.20. The van der Waals surface area contributed by atoms with Crippen molar-refractivity contribution in [1.29, 1.82) is 0 Å². The van der Waals surface area contributed by atoms with Gasteiger partial charge < -0.3 is 10.4 Å². The lowest BCUT2D eigenvalue weighted by Gasteiger charge is -2.09. The highest BCUT2D eigenvalue weighted by Gasteiger charge is 2.20. The molecule has 0 saturated heterocycles. The molecule has 0 unspecified atom stereocenters. The molecule has 0 fully saturated rings. The number of carboxylic acids is 1. The Kier molecular flexibility index (Phi) is 5.26. The number of amides is 1. The molecule has 20 heavy (non-hydrogen) atoms. The molecule has 0 saturated carbocycles. The lowest BCUT2D eigenvalue weighted by atomic mass is 10.1. The molecule has 0 radical (unpaired) electrons. The molecule has 0 bridgehead atoms. The Morgan fingerprint density at radius 3 is 2.50 bits per heavy atom. The standard InChI is InChI=1S/C13H17NO5S/c1-9(2)20(18,19)8-12(15)14-11-5-3-4-10(6-11)7-13(16)17/h3-6,9H,7-8H2,1-2H3,(H,14,15)(H,16,17). The fourth-order valence-electron chi connectivity index (χ4n) is 1.48. The van der Waals surface area contributed by atoms with Crippen LogP contribution >= 0.6 is 0 Å². The summed E-state index contributed by atoms with van der Waals surface area (Å²) in [6.45, 7) is 3.02. The molecule has 0 aliphatic rings. The molecule has 110 valence electrons. The molecule has 0 atom stereocenters. The number of anilines is 1. The average Bonchev–Trinajstić information content (AvgIpc) is 2.26. The minimum atomic E-state index is -3.45. The largest absolute Gasteiger partial charge is 0.481 e. The van der Waals surface area contributed by atoms with Gasteiger partial charge in [-0.3, -0.25) is 9.59 Å². The average molecular weight is 299 g/mol. The van der Waals surface area contributed by atoms with Gasteiger partial charge in [-0.05, 0) is 31.5 Å². The van der Waals surface area contributed by atoms with E-state index in [0.29, 0.717) is 11.3 Å². The van der Waals surface area contributed by atoms with Gasteiger partial charge in [-0.1, -0.05) is 12.1 Å². The Bertz CT molecular complexity index is 607. The van der Waals surface area contributed by atoms with E-state index in [1.54, 1.807) is 18.2 Å². The van der Waals surface area contributed by atoms with E-state index < -0.39 is 32.7 Å². The van der Waals surface area contributed by atoms with Gasteiger partial charge in [-0.25, -0.2) is 8.42 Å². The van der Waals surface area contributed by atoms with Crippen LogP contribution in [0.1, 0.15) is 19.4 Å². The minimum absolute atomic E-state index is 0.159. The molecule has 0 spiro atoms. The van der Waals surface area contributed by atoms with E-state index in [1.165, 1.54) is 19.9 Å². The molecule has 0 heterocycles. The fourth-order valence-corrected chi connectivity index (χ4v) is 2.25. The summed E-state index contributed by atoms with van der Waals surface area (Å²) in [7, 11) is -3.45. The molecule has 1 amide bonds. The number of hydrogen-bond donors (Lipinski definition) is 2. The Labute approximate surface area is 117 Å². The van der Waals surface area contributed by atoms with Crippen LogP contribution in [-0.2, 0) is 25.8 Å². The van der Waals surface area contributed by atoms with Crippen molar-refractivity contribution in [2.24, 2.45) is 0 Å². The molecule has 1 rings (SSSR count). The van der Waals surface area contributed by atoms with Crippen molar-refractivity contribution in [2.45, 2.75) is 25.5 Å². The molecule has 0 aromatic heterocycles. The quantitative estimate of drug-likeness (QED) is 0.818. The van der Waals surface area contributed by atoms with Crippen LogP contribution in [0.2, 0.25) is 0 Å². The molecule has 6 nitrogen and oxygen atoms in total. The van der Waals surface area contributed by atoms with Crippen molar-refractivity contribution in [1.82, 2.24) is 0 Å². The van der Waals surface area contributed by atoms with Crippen LogP contribution < -0.4 is 5.32 Å². The molecule has 0 aliphatic carbocycles. The lowest BCUT2D eigenvalue weighted by Crippen LogP contribution is -2.27. The normalized spacial score (nSPS) is 11.3. The minimum Gasteiger partial charge on any atom is -0.481 e. The number of benzene rings is 1. The fraction of sp³-hybridized carbons (Fsp3) is 0.385. The van der Waals surface area contributed by atoms with Crippen LogP contribution in [-0.4, -0.2) is 36.4 Å². The maximum atomic E-state index is 11.7. The van der Waals surface area contributed by atoms with E-state index in [2.05, 4.69) is 5.32 Å². The number of carboxylic acid groups (broad SMARTS) is 1. The highest BCUT2D eigenvalue weighted by molar-refractivity contribution is 7.92. The zero-order valence-electron chi connectivity index (χ0n) is 11.3. The summed E-state index contributed by atoms with van der Waals surface area (Å²) >= 11 is 0. The van der Waals surface area contributed by atoms with E-state index in [9.17, 15) is 18.0 Å². The van der Waals surface area contributed by atoms with E-state index in [4.69, 9.17) is 5.11 Å². The summed E-state index contributed by atoms with van der Waals surface area (Å²) in [5.74, 6) is -2.20. The van der Waals surface area contributed by atoms with Crippen molar-refractivity contribution in [3.63, 3.8) is 0 Å². The van der Waals surface area contributed by atoms with Gasteiger partial charge >= 0.3 is 5.97 Å². The van der Waals surface area contributed by atoms with Gasteiger partial charge in [0.05, 0.1) is 11.7 Å². The molecule has 7 heteroatoms. The first-order valence-electron chi connectivity index (χ1n) is 6.03. The molecule has 1 aromatic rings. The van der Waals surface area contributed by atoms with E-state index in [0.717, 1.165) is 0 Å². The molecule has 1 aromatic carbocycles. The van der Waals surface area contributed by atoms with Crippen molar-refractivity contribution in [3.05, 3.63) is 29.8 Å². The second-order valence-corrected chi connectivity index (χ2v) is 7.23. The Morgan fingerprint density at radius 2 is 1.95 bits per heavy atom. The van der Waals surface area contributed by atoms with Gasteiger partial charge in [-0.2, -0.15) is 0 Å². The zero-order chi connectivity index (χ0) is 15.3. The first-order valence-corrected chi connectivity index (χ1v) is 7.74. The van der Waals surface area contributed by atoms with Crippen LogP contribution in [0.15, 0.2) is 24.3 Å². The smallest absolute Gasteiger partial charge is 0.307 e. The molecular weight excluding hydrogens is 282 g/mol. The summed E-state index contributed by atoms with van der Waals surface area (Å²) < 4.78 is 23.2. The topological polar surface area (TPSA) is 101 Å². The number of carbonyl (C=O) groups excluding carboxylic acids is 1.